The van der Waals surface area contributed by atoms with Gasteiger partial charge in [-0.15, -0.1) is 0 Å². The van der Waals surface area contributed by atoms with Crippen molar-refractivity contribution in [1.82, 2.24) is 10.2 Å². The number of rotatable bonds is 11. The SMILES string of the molecule is CCOC(OCC)c1ccccc1OP1OCC2OC(N(C)/C=C(/F)C(=O)NC=O)CC2O1. The van der Waals surface area contributed by atoms with Crippen LogP contribution in [0.5, 0.6) is 5.75 Å². The Labute approximate surface area is 192 Å². The molecule has 0 spiro atoms. The number of nitrogens with one attached hydrogen (secondary N) is 1. The minimum Gasteiger partial charge on any atom is -0.426 e. The van der Waals surface area contributed by atoms with Gasteiger partial charge >= 0.3 is 8.60 Å². The van der Waals surface area contributed by atoms with Gasteiger partial charge in [0.05, 0.1) is 12.2 Å². The summed E-state index contributed by atoms with van der Waals surface area (Å²) in [6, 6.07) is 7.35. The fourth-order valence-electron chi connectivity index (χ4n) is 3.35. The molecule has 4 atom stereocenters. The van der Waals surface area contributed by atoms with E-state index >= 15 is 0 Å². The number of amides is 2. The van der Waals surface area contributed by atoms with Crippen molar-refractivity contribution in [2.24, 2.45) is 0 Å². The Morgan fingerprint density at radius 1 is 1.30 bits per heavy atom. The second-order valence-electron chi connectivity index (χ2n) is 7.13. The molecule has 1 aromatic carbocycles. The molecule has 2 aliphatic rings. The monoisotopic (exact) mass is 486 g/mol. The minimum atomic E-state index is -1.71. The standard InChI is InChI=1S/C21H28FN2O8P/c1-4-27-21(28-5-2)14-8-6-7-9-16(14)31-33-29-12-18-17(32-33)10-19(30-18)24(3)11-15(22)20(26)23-13-25/h6-9,11,13,17-19,21H,4-5,10,12H2,1-3H3,(H,23,25,26)/b15-11+. The van der Waals surface area contributed by atoms with Crippen LogP contribution in [0.3, 0.4) is 0 Å². The molecule has 12 heteroatoms. The molecule has 0 aromatic heterocycles. The van der Waals surface area contributed by atoms with Crippen LogP contribution in [0.4, 0.5) is 4.39 Å². The first-order valence-electron chi connectivity index (χ1n) is 10.6. The largest absolute Gasteiger partial charge is 0.426 e. The summed E-state index contributed by atoms with van der Waals surface area (Å²) in [4.78, 5) is 23.1. The van der Waals surface area contributed by atoms with Crippen LogP contribution in [-0.4, -0.2) is 62.5 Å². The van der Waals surface area contributed by atoms with Crippen molar-refractivity contribution in [1.29, 1.82) is 0 Å². The molecule has 3 rings (SSSR count). The molecular formula is C21H28FN2O8P. The summed E-state index contributed by atoms with van der Waals surface area (Å²) < 4.78 is 48.9. The van der Waals surface area contributed by atoms with Crippen LogP contribution in [-0.2, 0) is 32.8 Å². The lowest BCUT2D eigenvalue weighted by atomic mass is 10.2. The first-order chi connectivity index (χ1) is 16.0. The second kappa shape index (κ2) is 12.4. The molecule has 0 bridgehead atoms. The van der Waals surface area contributed by atoms with Crippen LogP contribution >= 0.6 is 8.60 Å². The lowest BCUT2D eigenvalue weighted by Gasteiger charge is -2.30. The molecule has 2 amide bonds. The van der Waals surface area contributed by atoms with Gasteiger partial charge in [-0.2, -0.15) is 4.39 Å². The molecule has 0 aliphatic carbocycles. The van der Waals surface area contributed by atoms with Crippen LogP contribution in [0.1, 0.15) is 32.1 Å². The van der Waals surface area contributed by atoms with Crippen molar-refractivity contribution in [3.8, 4) is 5.75 Å². The Hall–Kier alpha value is -2.14. The highest BCUT2D eigenvalue weighted by molar-refractivity contribution is 7.42. The summed E-state index contributed by atoms with van der Waals surface area (Å²) in [6.45, 7) is 4.96. The van der Waals surface area contributed by atoms with E-state index in [-0.39, 0.29) is 25.2 Å². The van der Waals surface area contributed by atoms with Gasteiger partial charge in [-0.25, -0.2) is 0 Å². The summed E-state index contributed by atoms with van der Waals surface area (Å²) >= 11 is 0. The van der Waals surface area contributed by atoms with Crippen LogP contribution in [0.15, 0.2) is 36.3 Å². The van der Waals surface area contributed by atoms with Crippen molar-refractivity contribution in [3.05, 3.63) is 41.9 Å². The van der Waals surface area contributed by atoms with Crippen molar-refractivity contribution < 1.29 is 41.8 Å². The van der Waals surface area contributed by atoms with E-state index in [2.05, 4.69) is 0 Å². The maximum absolute atomic E-state index is 13.9. The number of para-hydroxylation sites is 1. The van der Waals surface area contributed by atoms with Crippen molar-refractivity contribution in [2.45, 2.75) is 45.0 Å². The van der Waals surface area contributed by atoms with Crippen molar-refractivity contribution in [2.75, 3.05) is 26.9 Å². The number of benzene rings is 1. The highest BCUT2D eigenvalue weighted by Crippen LogP contribution is 2.50. The molecule has 2 aliphatic heterocycles. The van der Waals surface area contributed by atoms with E-state index in [1.807, 2.05) is 32.0 Å². The number of hydrogen-bond donors (Lipinski definition) is 1. The molecule has 2 saturated heterocycles. The molecule has 1 N–H and O–H groups in total. The topological polar surface area (TPSA) is 105 Å². The summed E-state index contributed by atoms with van der Waals surface area (Å²) in [7, 11) is -0.148. The number of nitrogens with zero attached hydrogens (tertiary/aromatic N) is 1. The van der Waals surface area contributed by atoms with Gasteiger partial charge in [-0.1, -0.05) is 18.2 Å². The summed E-state index contributed by atoms with van der Waals surface area (Å²) in [5.74, 6) is -1.70. The smallest absolute Gasteiger partial charge is 0.397 e. The highest BCUT2D eigenvalue weighted by Gasteiger charge is 2.44. The number of imide groups is 1. The predicted molar refractivity (Wildman–Crippen MR) is 115 cm³/mol. The van der Waals surface area contributed by atoms with Crippen LogP contribution < -0.4 is 9.84 Å². The Morgan fingerprint density at radius 3 is 2.73 bits per heavy atom. The van der Waals surface area contributed by atoms with E-state index in [4.69, 9.17) is 27.8 Å². The molecule has 182 valence electrons. The van der Waals surface area contributed by atoms with Gasteiger partial charge in [-0.05, 0) is 19.9 Å². The normalized spacial score (nSPS) is 24.9. The number of carbonyl (C=O) groups is 2. The lowest BCUT2D eigenvalue weighted by Crippen LogP contribution is -2.33. The first kappa shape index (κ1) is 25.5. The number of carbonyl (C=O) groups excluding carboxylic acids is 2. The molecule has 33 heavy (non-hydrogen) atoms. The molecule has 0 saturated carbocycles. The fourth-order valence-corrected chi connectivity index (χ4v) is 4.55. The summed E-state index contributed by atoms with van der Waals surface area (Å²) in [6.07, 6.45) is -0.315. The second-order valence-corrected chi connectivity index (χ2v) is 8.23. The van der Waals surface area contributed by atoms with Crippen LogP contribution in [0.25, 0.3) is 0 Å². The highest BCUT2D eigenvalue weighted by atomic mass is 31.2. The number of hydrogen-bond acceptors (Lipinski definition) is 9. The zero-order chi connectivity index (χ0) is 23.8. The fraction of sp³-hybridized carbons (Fsp3) is 0.524. The maximum Gasteiger partial charge on any atom is 0.397 e. The van der Waals surface area contributed by atoms with Gasteiger partial charge in [0.1, 0.15) is 24.2 Å². The quantitative estimate of drug-likeness (QED) is 0.219. The van der Waals surface area contributed by atoms with E-state index in [1.54, 1.807) is 18.4 Å². The van der Waals surface area contributed by atoms with Crippen LogP contribution in [0.2, 0.25) is 0 Å². The predicted octanol–water partition coefficient (Wildman–Crippen LogP) is 2.91. The molecular weight excluding hydrogens is 458 g/mol. The molecule has 2 fully saturated rings. The molecule has 1 aromatic rings. The van der Waals surface area contributed by atoms with Gasteiger partial charge in [0.25, 0.3) is 5.91 Å². The number of fused-ring (bicyclic) bond motifs is 1. The van der Waals surface area contributed by atoms with Gasteiger partial charge in [-0.3, -0.25) is 24.0 Å². The Kier molecular flexibility index (Phi) is 9.54. The molecule has 2 heterocycles. The van der Waals surface area contributed by atoms with Gasteiger partial charge in [0, 0.05) is 32.9 Å². The lowest BCUT2D eigenvalue weighted by molar-refractivity contribution is -0.140. The summed E-state index contributed by atoms with van der Waals surface area (Å²) in [5, 5.41) is 1.74. The first-order valence-corrected chi connectivity index (χ1v) is 11.6. The minimum absolute atomic E-state index is 0.118. The third kappa shape index (κ3) is 6.69. The summed E-state index contributed by atoms with van der Waals surface area (Å²) in [5.41, 5.74) is 0.729. The van der Waals surface area contributed by atoms with Gasteiger partial charge in [0.15, 0.2) is 6.29 Å². The van der Waals surface area contributed by atoms with Gasteiger partial charge < -0.3 is 23.6 Å². The third-order valence-electron chi connectivity index (χ3n) is 4.91. The maximum atomic E-state index is 13.9. The molecule has 10 nitrogen and oxygen atoms in total. The molecule has 0 radical (unpaired) electrons. The van der Waals surface area contributed by atoms with Crippen LogP contribution in [0, 0.1) is 0 Å². The van der Waals surface area contributed by atoms with Crippen molar-refractivity contribution in [3.63, 3.8) is 0 Å². The third-order valence-corrected chi connectivity index (χ3v) is 6.05. The van der Waals surface area contributed by atoms with E-state index in [1.165, 1.54) is 4.90 Å². The Balaban J connectivity index is 1.61. The average Bonchev–Trinajstić information content (AvgIpc) is 3.23. The average molecular weight is 486 g/mol. The van der Waals surface area contributed by atoms with E-state index in [0.717, 1.165) is 11.8 Å². The Bertz CT molecular complexity index is 838. The van der Waals surface area contributed by atoms with E-state index < -0.39 is 32.9 Å². The Morgan fingerprint density at radius 2 is 2.03 bits per heavy atom. The zero-order valence-electron chi connectivity index (χ0n) is 18.6. The van der Waals surface area contributed by atoms with Gasteiger partial charge in [0.2, 0.25) is 12.2 Å². The number of ether oxygens (including phenoxy) is 3. The van der Waals surface area contributed by atoms with E-state index in [9.17, 15) is 14.0 Å². The van der Waals surface area contributed by atoms with E-state index in [0.29, 0.717) is 25.4 Å². The zero-order valence-corrected chi connectivity index (χ0v) is 19.5. The molecule has 4 unspecified atom stereocenters. The van der Waals surface area contributed by atoms with Crippen molar-refractivity contribution >= 4 is 20.9 Å². The number of halogens is 1.